The Balaban J connectivity index is 4.31. The van der Waals surface area contributed by atoms with Crippen molar-refractivity contribution in [2.45, 2.75) is 70.9 Å². The van der Waals surface area contributed by atoms with Gasteiger partial charge in [0.05, 0.1) is 12.2 Å². The van der Waals surface area contributed by atoms with E-state index >= 15 is 0 Å². The van der Waals surface area contributed by atoms with Crippen molar-refractivity contribution < 1.29 is 9.53 Å². The lowest BCUT2D eigenvalue weighted by Gasteiger charge is -2.39. The molecule has 0 aromatic rings. The first-order chi connectivity index (χ1) is 8.12. The molecule has 0 unspecified atom stereocenters. The Hall–Kier alpha value is 0.167. The maximum Gasteiger partial charge on any atom is 0.192 e. The SMILES string of the molecule is C[C@H](O[Si](C)(C)C(C)(C)C)[C@@H](O)/C=C/CCCCl. The number of aliphatic hydroxyl groups excluding tert-OH is 1. The van der Waals surface area contributed by atoms with Crippen LogP contribution in [0.3, 0.4) is 0 Å². The molecule has 0 amide bonds. The van der Waals surface area contributed by atoms with Crippen molar-refractivity contribution in [3.8, 4) is 0 Å². The predicted octanol–water partition coefficient (Wildman–Crippen LogP) is 4.33. The molecule has 0 saturated carbocycles. The molecule has 18 heavy (non-hydrogen) atoms. The molecule has 0 heterocycles. The normalized spacial score (nSPS) is 17.1. The summed E-state index contributed by atoms with van der Waals surface area (Å²) in [6.07, 6.45) is 4.98. The summed E-state index contributed by atoms with van der Waals surface area (Å²) in [5, 5.41) is 10.2. The lowest BCUT2D eigenvalue weighted by molar-refractivity contribution is 0.0691. The summed E-state index contributed by atoms with van der Waals surface area (Å²) in [6, 6.07) is 0. The molecule has 0 aliphatic rings. The highest BCUT2D eigenvalue weighted by atomic mass is 35.5. The standard InChI is InChI=1S/C14H29ClO2Si/c1-12(13(16)10-8-7-9-11-15)17-18(5,6)14(2,3)4/h8,10,12-13,16H,7,9,11H2,1-6H3/b10-8+/t12-,13-/m0/s1. The zero-order valence-corrected chi connectivity index (χ0v) is 14.4. The molecule has 0 saturated heterocycles. The zero-order chi connectivity index (χ0) is 14.4. The van der Waals surface area contributed by atoms with E-state index in [4.69, 9.17) is 16.0 Å². The average molecular weight is 293 g/mol. The molecule has 2 nitrogen and oxygen atoms in total. The third-order valence-electron chi connectivity index (χ3n) is 3.61. The molecule has 2 atom stereocenters. The molecule has 0 bridgehead atoms. The Labute approximate surface area is 119 Å². The Kier molecular flexibility index (Phi) is 7.75. The van der Waals surface area contributed by atoms with Crippen LogP contribution < -0.4 is 0 Å². The molecular formula is C14H29ClO2Si. The minimum absolute atomic E-state index is 0.154. The van der Waals surface area contributed by atoms with Crippen LogP contribution in [-0.2, 0) is 4.43 Å². The largest absolute Gasteiger partial charge is 0.411 e. The van der Waals surface area contributed by atoms with Crippen LogP contribution in [0, 0.1) is 0 Å². The van der Waals surface area contributed by atoms with E-state index in [2.05, 4.69) is 33.9 Å². The monoisotopic (exact) mass is 292 g/mol. The molecule has 0 radical (unpaired) electrons. The van der Waals surface area contributed by atoms with Gasteiger partial charge in [-0.15, -0.1) is 11.6 Å². The van der Waals surface area contributed by atoms with Gasteiger partial charge in [0.1, 0.15) is 0 Å². The summed E-state index contributed by atoms with van der Waals surface area (Å²) >= 11 is 5.60. The van der Waals surface area contributed by atoms with Gasteiger partial charge >= 0.3 is 0 Å². The molecule has 1 N–H and O–H groups in total. The molecule has 0 aromatic carbocycles. The molecule has 0 aliphatic carbocycles. The van der Waals surface area contributed by atoms with Gasteiger partial charge in [-0.1, -0.05) is 32.9 Å². The Morgan fingerprint density at radius 2 is 1.89 bits per heavy atom. The van der Waals surface area contributed by atoms with Gasteiger partial charge in [-0.3, -0.25) is 0 Å². The number of alkyl halides is 1. The number of rotatable bonds is 7. The van der Waals surface area contributed by atoms with E-state index in [1.165, 1.54) is 0 Å². The van der Waals surface area contributed by atoms with Crippen LogP contribution >= 0.6 is 11.6 Å². The molecule has 0 rings (SSSR count). The topological polar surface area (TPSA) is 29.5 Å². The maximum atomic E-state index is 10.0. The number of hydrogen-bond acceptors (Lipinski definition) is 2. The van der Waals surface area contributed by atoms with E-state index < -0.39 is 14.4 Å². The van der Waals surface area contributed by atoms with Gasteiger partial charge in [0.25, 0.3) is 0 Å². The van der Waals surface area contributed by atoms with Crippen LogP contribution in [0.15, 0.2) is 12.2 Å². The fraction of sp³-hybridized carbons (Fsp3) is 0.857. The van der Waals surface area contributed by atoms with Crippen molar-refractivity contribution in [2.24, 2.45) is 0 Å². The van der Waals surface area contributed by atoms with Crippen molar-refractivity contribution in [1.29, 1.82) is 0 Å². The minimum atomic E-state index is -1.80. The highest BCUT2D eigenvalue weighted by molar-refractivity contribution is 6.74. The molecular weight excluding hydrogens is 264 g/mol. The molecule has 0 aliphatic heterocycles. The second-order valence-electron chi connectivity index (χ2n) is 6.33. The third kappa shape index (κ3) is 6.37. The van der Waals surface area contributed by atoms with E-state index in [0.29, 0.717) is 5.88 Å². The fourth-order valence-electron chi connectivity index (χ4n) is 1.30. The summed E-state index contributed by atoms with van der Waals surface area (Å²) in [4.78, 5) is 0. The van der Waals surface area contributed by atoms with E-state index in [1.54, 1.807) is 0 Å². The van der Waals surface area contributed by atoms with E-state index in [-0.39, 0.29) is 11.1 Å². The fourth-order valence-corrected chi connectivity index (χ4v) is 2.88. The van der Waals surface area contributed by atoms with Crippen LogP contribution in [0.1, 0.15) is 40.5 Å². The first-order valence-corrected chi connectivity index (χ1v) is 10.1. The lowest BCUT2D eigenvalue weighted by atomic mass is 10.2. The molecule has 0 fully saturated rings. The van der Waals surface area contributed by atoms with Gasteiger partial charge in [0.2, 0.25) is 0 Å². The van der Waals surface area contributed by atoms with Crippen LogP contribution in [0.5, 0.6) is 0 Å². The molecule has 108 valence electrons. The van der Waals surface area contributed by atoms with Crippen molar-refractivity contribution >= 4 is 19.9 Å². The van der Waals surface area contributed by atoms with Crippen molar-refractivity contribution in [3.05, 3.63) is 12.2 Å². The van der Waals surface area contributed by atoms with E-state index in [9.17, 15) is 5.11 Å². The van der Waals surface area contributed by atoms with Gasteiger partial charge in [-0.25, -0.2) is 0 Å². The molecule has 4 heteroatoms. The van der Waals surface area contributed by atoms with Crippen LogP contribution in [-0.4, -0.2) is 31.5 Å². The van der Waals surface area contributed by atoms with Crippen molar-refractivity contribution in [2.75, 3.05) is 5.88 Å². The first kappa shape index (κ1) is 18.2. The number of aliphatic hydroxyl groups is 1. The zero-order valence-electron chi connectivity index (χ0n) is 12.7. The third-order valence-corrected chi connectivity index (χ3v) is 8.45. The Morgan fingerprint density at radius 1 is 1.33 bits per heavy atom. The van der Waals surface area contributed by atoms with E-state index in [0.717, 1.165) is 12.8 Å². The number of hydrogen-bond donors (Lipinski definition) is 1. The number of allylic oxidation sites excluding steroid dienone is 1. The summed E-state index contributed by atoms with van der Waals surface area (Å²) in [5.41, 5.74) is 0. The molecule has 0 spiro atoms. The highest BCUT2D eigenvalue weighted by Crippen LogP contribution is 2.37. The number of halogens is 1. The van der Waals surface area contributed by atoms with Gasteiger partial charge < -0.3 is 9.53 Å². The lowest BCUT2D eigenvalue weighted by Crippen LogP contribution is -2.45. The summed E-state index contributed by atoms with van der Waals surface area (Å²) < 4.78 is 6.13. The van der Waals surface area contributed by atoms with Crippen molar-refractivity contribution in [3.63, 3.8) is 0 Å². The quantitative estimate of drug-likeness (QED) is 0.327. The van der Waals surface area contributed by atoms with Gasteiger partial charge in [-0.05, 0) is 37.9 Å². The van der Waals surface area contributed by atoms with Crippen LogP contribution in [0.2, 0.25) is 18.1 Å². The van der Waals surface area contributed by atoms with Crippen molar-refractivity contribution in [1.82, 2.24) is 0 Å². The summed E-state index contributed by atoms with van der Waals surface area (Å²) in [5.74, 6) is 0.663. The number of unbranched alkanes of at least 4 members (excludes halogenated alkanes) is 1. The average Bonchev–Trinajstić information content (AvgIpc) is 2.21. The second-order valence-corrected chi connectivity index (χ2v) is 11.5. The van der Waals surface area contributed by atoms with Crippen LogP contribution in [0.25, 0.3) is 0 Å². The highest BCUT2D eigenvalue weighted by Gasteiger charge is 2.39. The van der Waals surface area contributed by atoms with Gasteiger partial charge in [0.15, 0.2) is 8.32 Å². The minimum Gasteiger partial charge on any atom is -0.411 e. The second kappa shape index (κ2) is 7.68. The Bertz CT molecular complexity index is 259. The predicted molar refractivity (Wildman–Crippen MR) is 82.8 cm³/mol. The van der Waals surface area contributed by atoms with Crippen LogP contribution in [0.4, 0.5) is 0 Å². The van der Waals surface area contributed by atoms with Gasteiger partial charge in [0, 0.05) is 5.88 Å². The molecule has 0 aromatic heterocycles. The summed E-state index contributed by atoms with van der Waals surface area (Å²) in [6.45, 7) is 13.0. The van der Waals surface area contributed by atoms with Gasteiger partial charge in [-0.2, -0.15) is 0 Å². The Morgan fingerprint density at radius 3 is 2.33 bits per heavy atom. The van der Waals surface area contributed by atoms with E-state index in [1.807, 2.05) is 19.1 Å². The summed E-state index contributed by atoms with van der Waals surface area (Å²) in [7, 11) is -1.80. The maximum absolute atomic E-state index is 10.0. The first-order valence-electron chi connectivity index (χ1n) is 6.70. The smallest absolute Gasteiger partial charge is 0.192 e.